The molecule has 2 aromatic rings. The molecule has 0 atom stereocenters. The molecule has 3 rings (SSSR count). The van der Waals surface area contributed by atoms with E-state index in [9.17, 15) is 13.2 Å². The summed E-state index contributed by atoms with van der Waals surface area (Å²) in [5.41, 5.74) is 2.14. The van der Waals surface area contributed by atoms with E-state index in [1.807, 2.05) is 0 Å². The number of ether oxygens (including phenoxy) is 2. The molecule has 0 aliphatic heterocycles. The standard InChI is InChI=1S/C22H28N2O5S/c1-14-11-16(12-21(15(14)2)30(26,27)23-3)22(25)24-17-9-10-19(28-4)20(13-17)29-18-7-5-6-8-18/h9-13,18,23H,5-8H2,1-4H3,(H,24,25). The Labute approximate surface area is 177 Å². The number of anilines is 1. The summed E-state index contributed by atoms with van der Waals surface area (Å²) in [7, 11) is -0.751. The summed E-state index contributed by atoms with van der Waals surface area (Å²) in [6.45, 7) is 3.50. The molecule has 7 nitrogen and oxygen atoms in total. The van der Waals surface area contributed by atoms with Gasteiger partial charge in [0.05, 0.1) is 18.1 Å². The molecule has 30 heavy (non-hydrogen) atoms. The van der Waals surface area contributed by atoms with E-state index in [0.29, 0.717) is 22.7 Å². The van der Waals surface area contributed by atoms with Gasteiger partial charge in [0.2, 0.25) is 10.0 Å². The molecule has 1 aliphatic carbocycles. The highest BCUT2D eigenvalue weighted by atomic mass is 32.2. The summed E-state index contributed by atoms with van der Waals surface area (Å²) in [5.74, 6) is 0.789. The summed E-state index contributed by atoms with van der Waals surface area (Å²) in [6.07, 6.45) is 4.46. The van der Waals surface area contributed by atoms with Crippen molar-refractivity contribution in [2.24, 2.45) is 0 Å². The zero-order chi connectivity index (χ0) is 21.9. The molecule has 0 unspecified atom stereocenters. The molecule has 1 amide bonds. The zero-order valence-electron chi connectivity index (χ0n) is 17.7. The molecule has 2 aromatic carbocycles. The fourth-order valence-electron chi connectivity index (χ4n) is 3.58. The van der Waals surface area contributed by atoms with Gasteiger partial charge < -0.3 is 14.8 Å². The van der Waals surface area contributed by atoms with E-state index >= 15 is 0 Å². The van der Waals surface area contributed by atoms with E-state index < -0.39 is 15.9 Å². The van der Waals surface area contributed by atoms with Crippen LogP contribution in [-0.4, -0.2) is 34.6 Å². The van der Waals surface area contributed by atoms with Crippen molar-refractivity contribution in [3.05, 3.63) is 47.0 Å². The Balaban J connectivity index is 1.87. The SMILES string of the molecule is CNS(=O)(=O)c1cc(C(=O)Nc2ccc(OC)c(OC3CCCC3)c2)cc(C)c1C. The molecule has 0 aromatic heterocycles. The molecule has 162 valence electrons. The lowest BCUT2D eigenvalue weighted by molar-refractivity contribution is 0.102. The first kappa shape index (κ1) is 22.1. The van der Waals surface area contributed by atoms with Crippen molar-refractivity contribution in [2.45, 2.75) is 50.5 Å². The summed E-state index contributed by atoms with van der Waals surface area (Å²) in [4.78, 5) is 12.9. The summed E-state index contributed by atoms with van der Waals surface area (Å²) in [6, 6.07) is 8.28. The van der Waals surface area contributed by atoms with E-state index in [-0.39, 0.29) is 16.6 Å². The molecule has 0 radical (unpaired) electrons. The van der Waals surface area contributed by atoms with Gasteiger partial charge in [0, 0.05) is 17.3 Å². The van der Waals surface area contributed by atoms with Crippen LogP contribution in [0.2, 0.25) is 0 Å². The summed E-state index contributed by atoms with van der Waals surface area (Å²) in [5, 5.41) is 2.83. The maximum atomic E-state index is 12.9. The Morgan fingerprint density at radius 2 is 1.77 bits per heavy atom. The quantitative estimate of drug-likeness (QED) is 0.694. The first-order valence-corrected chi connectivity index (χ1v) is 11.4. The minimum atomic E-state index is -3.68. The first-order valence-electron chi connectivity index (χ1n) is 9.96. The molecule has 8 heteroatoms. The molecule has 1 aliphatic rings. The lowest BCUT2D eigenvalue weighted by atomic mass is 10.1. The minimum Gasteiger partial charge on any atom is -0.493 e. The van der Waals surface area contributed by atoms with Crippen molar-refractivity contribution >= 4 is 21.6 Å². The van der Waals surface area contributed by atoms with Gasteiger partial charge in [-0.2, -0.15) is 0 Å². The number of carbonyl (C=O) groups excluding carboxylic acids is 1. The molecule has 0 spiro atoms. The van der Waals surface area contributed by atoms with E-state index in [1.165, 1.54) is 13.1 Å². The number of nitrogens with one attached hydrogen (secondary N) is 2. The maximum Gasteiger partial charge on any atom is 0.255 e. The number of hydrogen-bond donors (Lipinski definition) is 2. The van der Waals surface area contributed by atoms with Gasteiger partial charge in [-0.1, -0.05) is 0 Å². The molecular formula is C22H28N2O5S. The molecule has 1 saturated carbocycles. The second-order valence-electron chi connectivity index (χ2n) is 7.47. The van der Waals surface area contributed by atoms with E-state index in [2.05, 4.69) is 10.0 Å². The number of carbonyl (C=O) groups is 1. The average molecular weight is 433 g/mol. The van der Waals surface area contributed by atoms with Crippen LogP contribution in [0, 0.1) is 13.8 Å². The average Bonchev–Trinajstić information content (AvgIpc) is 3.23. The normalized spacial score (nSPS) is 14.5. The van der Waals surface area contributed by atoms with E-state index in [4.69, 9.17) is 9.47 Å². The van der Waals surface area contributed by atoms with Gasteiger partial charge in [0.1, 0.15) is 0 Å². The molecule has 0 heterocycles. The van der Waals surface area contributed by atoms with Gasteiger partial charge in [-0.3, -0.25) is 4.79 Å². The highest BCUT2D eigenvalue weighted by molar-refractivity contribution is 7.89. The number of methoxy groups -OCH3 is 1. The van der Waals surface area contributed by atoms with Crippen LogP contribution < -0.4 is 19.5 Å². The first-order chi connectivity index (χ1) is 14.2. The van der Waals surface area contributed by atoms with Crippen LogP contribution in [0.15, 0.2) is 35.2 Å². The summed E-state index contributed by atoms with van der Waals surface area (Å²) >= 11 is 0. The van der Waals surface area contributed by atoms with E-state index in [1.54, 1.807) is 45.2 Å². The van der Waals surface area contributed by atoms with Crippen molar-refractivity contribution in [3.63, 3.8) is 0 Å². The largest absolute Gasteiger partial charge is 0.493 e. The fraction of sp³-hybridized carbons (Fsp3) is 0.409. The fourth-order valence-corrected chi connectivity index (χ4v) is 4.65. The van der Waals surface area contributed by atoms with Crippen LogP contribution in [0.25, 0.3) is 0 Å². The van der Waals surface area contributed by atoms with Gasteiger partial charge in [-0.05, 0) is 82.0 Å². The molecule has 1 fully saturated rings. The van der Waals surface area contributed by atoms with Crippen LogP contribution in [0.3, 0.4) is 0 Å². The Bertz CT molecular complexity index is 1040. The van der Waals surface area contributed by atoms with Gasteiger partial charge in [-0.15, -0.1) is 0 Å². The van der Waals surface area contributed by atoms with Gasteiger partial charge in [0.25, 0.3) is 5.91 Å². The molecule has 0 bridgehead atoms. The summed E-state index contributed by atoms with van der Waals surface area (Å²) < 4.78 is 38.4. The monoisotopic (exact) mass is 432 g/mol. The lowest BCUT2D eigenvalue weighted by Crippen LogP contribution is -2.21. The topological polar surface area (TPSA) is 93.7 Å². The van der Waals surface area contributed by atoms with Crippen LogP contribution in [-0.2, 0) is 10.0 Å². The number of benzene rings is 2. The van der Waals surface area contributed by atoms with E-state index in [0.717, 1.165) is 31.2 Å². The smallest absolute Gasteiger partial charge is 0.255 e. The predicted molar refractivity (Wildman–Crippen MR) is 116 cm³/mol. The van der Waals surface area contributed by atoms with Gasteiger partial charge in [-0.25, -0.2) is 13.1 Å². The van der Waals surface area contributed by atoms with Crippen molar-refractivity contribution in [1.82, 2.24) is 4.72 Å². The van der Waals surface area contributed by atoms with Crippen LogP contribution in [0.5, 0.6) is 11.5 Å². The van der Waals surface area contributed by atoms with Crippen LogP contribution >= 0.6 is 0 Å². The number of amides is 1. The Morgan fingerprint density at radius 3 is 2.40 bits per heavy atom. The third-order valence-corrected chi connectivity index (χ3v) is 7.00. The second-order valence-corrected chi connectivity index (χ2v) is 9.32. The van der Waals surface area contributed by atoms with Crippen molar-refractivity contribution in [3.8, 4) is 11.5 Å². The van der Waals surface area contributed by atoms with Crippen molar-refractivity contribution in [1.29, 1.82) is 0 Å². The highest BCUT2D eigenvalue weighted by Gasteiger charge is 2.21. The third kappa shape index (κ3) is 4.76. The second kappa shape index (κ2) is 9.06. The van der Waals surface area contributed by atoms with Gasteiger partial charge >= 0.3 is 0 Å². The highest BCUT2D eigenvalue weighted by Crippen LogP contribution is 2.34. The molecule has 0 saturated heterocycles. The van der Waals surface area contributed by atoms with Crippen molar-refractivity contribution < 1.29 is 22.7 Å². The number of hydrogen-bond acceptors (Lipinski definition) is 5. The maximum absolute atomic E-state index is 12.9. The minimum absolute atomic E-state index is 0.0927. The Kier molecular flexibility index (Phi) is 6.67. The molecular weight excluding hydrogens is 404 g/mol. The number of rotatable bonds is 7. The van der Waals surface area contributed by atoms with Crippen LogP contribution in [0.1, 0.15) is 47.2 Å². The van der Waals surface area contributed by atoms with Gasteiger partial charge in [0.15, 0.2) is 11.5 Å². The lowest BCUT2D eigenvalue weighted by Gasteiger charge is -2.17. The zero-order valence-corrected chi connectivity index (χ0v) is 18.6. The Morgan fingerprint density at radius 1 is 1.07 bits per heavy atom. The number of sulfonamides is 1. The van der Waals surface area contributed by atoms with Crippen LogP contribution in [0.4, 0.5) is 5.69 Å². The Hall–Kier alpha value is -2.58. The predicted octanol–water partition coefficient (Wildman–Crippen LogP) is 3.79. The van der Waals surface area contributed by atoms with Crippen molar-refractivity contribution in [2.75, 3.05) is 19.5 Å². The number of aryl methyl sites for hydroxylation is 1. The molecule has 2 N–H and O–H groups in total. The third-order valence-electron chi connectivity index (χ3n) is 5.46.